The highest BCUT2D eigenvalue weighted by Crippen LogP contribution is 2.39. The van der Waals surface area contributed by atoms with E-state index in [1.165, 1.54) is 10.8 Å². The number of anilines is 4. The van der Waals surface area contributed by atoms with Crippen molar-refractivity contribution in [1.82, 2.24) is 0 Å². The zero-order chi connectivity index (χ0) is 20.2. The van der Waals surface area contributed by atoms with E-state index in [0.717, 1.165) is 22.7 Å². The van der Waals surface area contributed by atoms with E-state index in [9.17, 15) is 0 Å². The molecule has 0 bridgehead atoms. The van der Waals surface area contributed by atoms with Crippen molar-refractivity contribution in [1.29, 1.82) is 0 Å². The van der Waals surface area contributed by atoms with Crippen LogP contribution < -0.4 is 10.0 Å². The van der Waals surface area contributed by atoms with Crippen LogP contribution in [0.5, 0.6) is 0 Å². The molecule has 0 aromatic heterocycles. The van der Waals surface area contributed by atoms with E-state index < -0.39 is 0 Å². The van der Waals surface area contributed by atoms with Gasteiger partial charge < -0.3 is 0 Å². The number of nitrogens with zero attached hydrogens (tertiary/aromatic N) is 2. The van der Waals surface area contributed by atoms with E-state index in [0.29, 0.717) is 0 Å². The highest BCUT2D eigenvalue weighted by atomic mass is 15.6. The molecular formula is C28H22N2. The van der Waals surface area contributed by atoms with Gasteiger partial charge in [-0.25, -0.2) is 10.0 Å². The molecule has 0 heterocycles. The average molecular weight is 386 g/mol. The van der Waals surface area contributed by atoms with Crippen molar-refractivity contribution >= 4 is 33.5 Å². The molecule has 30 heavy (non-hydrogen) atoms. The van der Waals surface area contributed by atoms with Crippen molar-refractivity contribution in [2.75, 3.05) is 10.0 Å². The molecule has 0 atom stereocenters. The Morgan fingerprint density at radius 3 is 1.33 bits per heavy atom. The van der Waals surface area contributed by atoms with E-state index >= 15 is 0 Å². The Hall–Kier alpha value is -4.04. The highest BCUT2D eigenvalue weighted by molar-refractivity contribution is 5.97. The Morgan fingerprint density at radius 1 is 0.333 bits per heavy atom. The second-order valence-electron chi connectivity index (χ2n) is 7.13. The fraction of sp³-hybridized carbons (Fsp3) is 0. The minimum absolute atomic E-state index is 1.10. The predicted molar refractivity (Wildman–Crippen MR) is 128 cm³/mol. The van der Waals surface area contributed by atoms with Gasteiger partial charge in [-0.15, -0.1) is 0 Å². The number of benzene rings is 5. The first kappa shape index (κ1) is 18.0. The Morgan fingerprint density at radius 2 is 0.767 bits per heavy atom. The Kier molecular flexibility index (Phi) is 4.89. The molecule has 0 aliphatic carbocycles. The second-order valence-corrected chi connectivity index (χ2v) is 7.13. The Labute approximate surface area is 177 Å². The van der Waals surface area contributed by atoms with Crippen molar-refractivity contribution < 1.29 is 0 Å². The summed E-state index contributed by atoms with van der Waals surface area (Å²) in [5, 5.41) is 7.00. The van der Waals surface area contributed by atoms with E-state index in [1.807, 2.05) is 0 Å². The molecule has 5 aromatic rings. The normalized spacial score (nSPS) is 10.7. The van der Waals surface area contributed by atoms with Gasteiger partial charge in [0.15, 0.2) is 0 Å². The SMILES string of the molecule is c1ccc(N(c2ccccc2)N(c2ccccc2)c2cccc3ccccc23)cc1. The molecule has 0 amide bonds. The molecular weight excluding hydrogens is 364 g/mol. The van der Waals surface area contributed by atoms with Gasteiger partial charge in [0.05, 0.1) is 22.7 Å². The summed E-state index contributed by atoms with van der Waals surface area (Å²) in [4.78, 5) is 0. The van der Waals surface area contributed by atoms with Gasteiger partial charge in [-0.05, 0) is 47.9 Å². The fourth-order valence-electron chi connectivity index (χ4n) is 3.84. The monoisotopic (exact) mass is 386 g/mol. The number of para-hydroxylation sites is 3. The number of hydrogen-bond acceptors (Lipinski definition) is 2. The van der Waals surface area contributed by atoms with Crippen molar-refractivity contribution in [2.24, 2.45) is 0 Å². The van der Waals surface area contributed by atoms with Gasteiger partial charge in [-0.3, -0.25) is 0 Å². The molecule has 0 saturated carbocycles. The zero-order valence-corrected chi connectivity index (χ0v) is 16.6. The molecule has 2 nitrogen and oxygen atoms in total. The van der Waals surface area contributed by atoms with Crippen LogP contribution in [0.4, 0.5) is 22.7 Å². The van der Waals surface area contributed by atoms with Crippen LogP contribution in [0.2, 0.25) is 0 Å². The van der Waals surface area contributed by atoms with Gasteiger partial charge in [0.2, 0.25) is 0 Å². The summed E-state index contributed by atoms with van der Waals surface area (Å²) in [7, 11) is 0. The van der Waals surface area contributed by atoms with Gasteiger partial charge in [0.1, 0.15) is 0 Å². The van der Waals surface area contributed by atoms with E-state index in [1.54, 1.807) is 0 Å². The van der Waals surface area contributed by atoms with Crippen LogP contribution in [0.1, 0.15) is 0 Å². The molecule has 0 unspecified atom stereocenters. The summed E-state index contributed by atoms with van der Waals surface area (Å²) in [5.74, 6) is 0. The minimum Gasteiger partial charge on any atom is -0.249 e. The lowest BCUT2D eigenvalue weighted by molar-refractivity contribution is 0.995. The number of hydrazine groups is 1. The summed E-state index contributed by atoms with van der Waals surface area (Å²) in [6, 6.07) is 46.6. The molecule has 0 saturated heterocycles. The van der Waals surface area contributed by atoms with Crippen LogP contribution in [0.25, 0.3) is 10.8 Å². The summed E-state index contributed by atoms with van der Waals surface area (Å²) < 4.78 is 0. The zero-order valence-electron chi connectivity index (χ0n) is 16.6. The largest absolute Gasteiger partial charge is 0.249 e. The van der Waals surface area contributed by atoms with Crippen LogP contribution in [-0.2, 0) is 0 Å². The van der Waals surface area contributed by atoms with E-state index in [2.05, 4.69) is 143 Å². The lowest BCUT2D eigenvalue weighted by Crippen LogP contribution is -2.35. The average Bonchev–Trinajstić information content (AvgIpc) is 2.84. The number of fused-ring (bicyclic) bond motifs is 1. The first-order valence-corrected chi connectivity index (χ1v) is 10.1. The molecule has 5 rings (SSSR count). The minimum atomic E-state index is 1.10. The van der Waals surface area contributed by atoms with E-state index in [4.69, 9.17) is 0 Å². The van der Waals surface area contributed by atoms with Gasteiger partial charge in [-0.1, -0.05) is 91.0 Å². The Balaban J connectivity index is 1.81. The van der Waals surface area contributed by atoms with Crippen LogP contribution in [0, 0.1) is 0 Å². The molecule has 0 fully saturated rings. The third-order valence-corrected chi connectivity index (χ3v) is 5.20. The third kappa shape index (κ3) is 3.40. The predicted octanol–water partition coefficient (Wildman–Crippen LogP) is 7.73. The standard InChI is InChI=1S/C28H22N2/c1-4-15-24(16-5-1)29(25-17-6-2-7-18-25)30(26-19-8-3-9-20-26)28-22-12-14-23-13-10-11-21-27(23)28/h1-22H. The first-order chi connectivity index (χ1) is 14.9. The van der Waals surface area contributed by atoms with Crippen LogP contribution in [0.15, 0.2) is 133 Å². The maximum Gasteiger partial charge on any atom is 0.0715 e. The highest BCUT2D eigenvalue weighted by Gasteiger charge is 2.22. The van der Waals surface area contributed by atoms with Crippen LogP contribution in [0.3, 0.4) is 0 Å². The van der Waals surface area contributed by atoms with E-state index in [-0.39, 0.29) is 0 Å². The smallest absolute Gasteiger partial charge is 0.0715 e. The molecule has 5 aromatic carbocycles. The molecule has 144 valence electrons. The quantitative estimate of drug-likeness (QED) is 0.285. The topological polar surface area (TPSA) is 6.48 Å². The summed E-state index contributed by atoms with van der Waals surface area (Å²) in [5.41, 5.74) is 4.43. The first-order valence-electron chi connectivity index (χ1n) is 10.1. The van der Waals surface area contributed by atoms with Gasteiger partial charge >= 0.3 is 0 Å². The summed E-state index contributed by atoms with van der Waals surface area (Å²) in [6.07, 6.45) is 0. The molecule has 2 heteroatoms. The lowest BCUT2D eigenvalue weighted by Gasteiger charge is -2.39. The van der Waals surface area contributed by atoms with Crippen molar-refractivity contribution in [3.63, 3.8) is 0 Å². The fourth-order valence-corrected chi connectivity index (χ4v) is 3.84. The molecule has 0 N–H and O–H groups in total. The molecule has 0 spiro atoms. The number of hydrogen-bond donors (Lipinski definition) is 0. The van der Waals surface area contributed by atoms with Crippen molar-refractivity contribution in [3.05, 3.63) is 133 Å². The van der Waals surface area contributed by atoms with Gasteiger partial charge in [-0.2, -0.15) is 0 Å². The summed E-state index contributed by atoms with van der Waals surface area (Å²) >= 11 is 0. The van der Waals surface area contributed by atoms with Gasteiger partial charge in [0, 0.05) is 5.39 Å². The van der Waals surface area contributed by atoms with Gasteiger partial charge in [0.25, 0.3) is 0 Å². The second kappa shape index (κ2) is 8.14. The maximum atomic E-state index is 2.30. The molecule has 0 aliphatic rings. The maximum absolute atomic E-state index is 2.30. The Bertz CT molecular complexity index is 1190. The third-order valence-electron chi connectivity index (χ3n) is 5.20. The number of rotatable bonds is 5. The summed E-state index contributed by atoms with van der Waals surface area (Å²) in [6.45, 7) is 0. The van der Waals surface area contributed by atoms with Crippen molar-refractivity contribution in [3.8, 4) is 0 Å². The molecule has 0 aliphatic heterocycles. The molecule has 0 radical (unpaired) electrons. The van der Waals surface area contributed by atoms with Crippen LogP contribution >= 0.6 is 0 Å². The lowest BCUT2D eigenvalue weighted by atomic mass is 10.1. The van der Waals surface area contributed by atoms with Crippen LogP contribution in [-0.4, -0.2) is 0 Å². The van der Waals surface area contributed by atoms with Crippen molar-refractivity contribution in [2.45, 2.75) is 0 Å².